The number of urea groups is 1. The number of fused-ring (bicyclic) bond motifs is 1. The first-order valence-electron chi connectivity index (χ1n) is 8.56. The highest BCUT2D eigenvalue weighted by Gasteiger charge is 2.45. The molecule has 0 spiro atoms. The Kier molecular flexibility index (Phi) is 4.04. The zero-order chi connectivity index (χ0) is 19.2. The molecule has 3 amide bonds. The van der Waals surface area contributed by atoms with Crippen LogP contribution in [-0.2, 0) is 13.1 Å². The smallest absolute Gasteiger partial charge is 0.319 e. The van der Waals surface area contributed by atoms with Gasteiger partial charge in [-0.3, -0.25) is 9.48 Å². The number of nitrogens with one attached hydrogen (secondary N) is 1. The molecule has 2 aromatic rings. The molecule has 2 aliphatic rings. The summed E-state index contributed by atoms with van der Waals surface area (Å²) in [5.41, 5.74) is 6.90. The van der Waals surface area contributed by atoms with E-state index in [9.17, 15) is 9.59 Å². The number of hydrogen-bond acceptors (Lipinski definition) is 4. The topological polar surface area (TPSA) is 117 Å². The van der Waals surface area contributed by atoms with Crippen molar-refractivity contribution < 1.29 is 9.59 Å². The molecule has 3 N–H and O–H groups in total. The summed E-state index contributed by atoms with van der Waals surface area (Å²) < 4.78 is 1.71. The number of aromatic nitrogens is 2. The van der Waals surface area contributed by atoms with Crippen molar-refractivity contribution in [3.8, 4) is 17.3 Å². The number of nitrogens with zero attached hydrogens (tertiary/aromatic N) is 4. The van der Waals surface area contributed by atoms with Crippen molar-refractivity contribution in [2.45, 2.75) is 31.5 Å². The molecule has 27 heavy (non-hydrogen) atoms. The van der Waals surface area contributed by atoms with Gasteiger partial charge in [-0.1, -0.05) is 23.7 Å². The number of amides is 3. The fraction of sp³-hybridized carbons (Fsp3) is 0.333. The van der Waals surface area contributed by atoms with Crippen molar-refractivity contribution in [1.29, 1.82) is 5.26 Å². The van der Waals surface area contributed by atoms with Gasteiger partial charge in [-0.05, 0) is 25.0 Å². The first kappa shape index (κ1) is 17.4. The lowest BCUT2D eigenvalue weighted by Gasteiger charge is -2.29. The van der Waals surface area contributed by atoms with Crippen molar-refractivity contribution in [2.24, 2.45) is 5.73 Å². The minimum Gasteiger partial charge on any atom is -0.365 e. The van der Waals surface area contributed by atoms with E-state index in [0.29, 0.717) is 47.9 Å². The van der Waals surface area contributed by atoms with Crippen molar-refractivity contribution in [1.82, 2.24) is 20.0 Å². The van der Waals surface area contributed by atoms with Crippen LogP contribution in [0, 0.1) is 11.3 Å². The molecule has 9 heteroatoms. The van der Waals surface area contributed by atoms with Crippen LogP contribution in [0.5, 0.6) is 0 Å². The van der Waals surface area contributed by atoms with Crippen molar-refractivity contribution in [3.05, 3.63) is 40.5 Å². The van der Waals surface area contributed by atoms with Gasteiger partial charge in [0.2, 0.25) is 0 Å². The third-order valence-corrected chi connectivity index (χ3v) is 5.16. The summed E-state index contributed by atoms with van der Waals surface area (Å²) in [6.07, 6.45) is 1.32. The molecule has 1 aliphatic heterocycles. The Bertz CT molecular complexity index is 988. The maximum absolute atomic E-state index is 12.5. The van der Waals surface area contributed by atoms with Crippen LogP contribution in [0.1, 0.15) is 28.9 Å². The van der Waals surface area contributed by atoms with E-state index in [1.807, 2.05) is 0 Å². The van der Waals surface area contributed by atoms with Gasteiger partial charge in [0.25, 0.3) is 5.91 Å². The highest BCUT2D eigenvalue weighted by molar-refractivity contribution is 6.30. The summed E-state index contributed by atoms with van der Waals surface area (Å²) in [5, 5.41) is 17.0. The molecule has 1 saturated carbocycles. The summed E-state index contributed by atoms with van der Waals surface area (Å²) >= 11 is 6.06. The number of hydrogen-bond donors (Lipinski definition) is 2. The highest BCUT2D eigenvalue weighted by atomic mass is 35.5. The van der Waals surface area contributed by atoms with Crippen LogP contribution in [0.4, 0.5) is 4.79 Å². The van der Waals surface area contributed by atoms with E-state index in [4.69, 9.17) is 22.6 Å². The molecule has 2 heterocycles. The van der Waals surface area contributed by atoms with Gasteiger partial charge >= 0.3 is 6.03 Å². The minimum absolute atomic E-state index is 0.194. The molecule has 8 nitrogen and oxygen atoms in total. The van der Waals surface area contributed by atoms with Crippen LogP contribution in [0.25, 0.3) is 11.3 Å². The number of nitriles is 1. The van der Waals surface area contributed by atoms with E-state index >= 15 is 0 Å². The van der Waals surface area contributed by atoms with Crippen LogP contribution >= 0.6 is 11.6 Å². The third-order valence-electron chi connectivity index (χ3n) is 4.92. The van der Waals surface area contributed by atoms with E-state index in [1.54, 1.807) is 33.8 Å². The van der Waals surface area contributed by atoms with Crippen molar-refractivity contribution in [2.75, 3.05) is 6.54 Å². The van der Waals surface area contributed by atoms with Crippen LogP contribution in [0.2, 0.25) is 5.02 Å². The Morgan fingerprint density at radius 3 is 2.74 bits per heavy atom. The number of primary amides is 1. The van der Waals surface area contributed by atoms with Gasteiger partial charge in [-0.15, -0.1) is 0 Å². The molecule has 0 radical (unpaired) electrons. The Hall–Kier alpha value is -3.05. The van der Waals surface area contributed by atoms with E-state index in [-0.39, 0.29) is 18.1 Å². The van der Waals surface area contributed by atoms with Gasteiger partial charge in [-0.2, -0.15) is 10.4 Å². The number of carbonyl (C=O) groups is 2. The van der Waals surface area contributed by atoms with Crippen LogP contribution in [-0.4, -0.2) is 38.7 Å². The lowest BCUT2D eigenvalue weighted by Crippen LogP contribution is -2.48. The Balaban J connectivity index is 1.66. The number of benzene rings is 1. The lowest BCUT2D eigenvalue weighted by atomic mass is 10.0. The normalized spacial score (nSPS) is 17.0. The van der Waals surface area contributed by atoms with Gasteiger partial charge in [0.1, 0.15) is 11.2 Å². The number of halogens is 1. The Morgan fingerprint density at radius 1 is 1.33 bits per heavy atom. The minimum atomic E-state index is -0.743. The van der Waals surface area contributed by atoms with Crippen LogP contribution in [0.15, 0.2) is 24.3 Å². The molecular formula is C18H17ClN6O2. The molecule has 0 unspecified atom stereocenters. The van der Waals surface area contributed by atoms with E-state index in [1.165, 1.54) is 0 Å². The third kappa shape index (κ3) is 3.11. The summed E-state index contributed by atoms with van der Waals surface area (Å²) in [7, 11) is 0. The molecule has 0 saturated heterocycles. The largest absolute Gasteiger partial charge is 0.365 e. The van der Waals surface area contributed by atoms with E-state index in [0.717, 1.165) is 0 Å². The van der Waals surface area contributed by atoms with Crippen molar-refractivity contribution >= 4 is 23.5 Å². The fourth-order valence-corrected chi connectivity index (χ4v) is 3.45. The Labute approximate surface area is 160 Å². The SMILES string of the molecule is N#CC1(NC(=O)N2CCn3nc(-c4cccc(Cl)c4)c(C(N)=O)c3C2)CC1. The second-order valence-electron chi connectivity index (χ2n) is 6.81. The van der Waals surface area contributed by atoms with Crippen LogP contribution in [0.3, 0.4) is 0 Å². The maximum Gasteiger partial charge on any atom is 0.319 e. The number of nitrogens with two attached hydrogens (primary N) is 1. The summed E-state index contributed by atoms with van der Waals surface area (Å²) in [6.45, 7) is 1.05. The quantitative estimate of drug-likeness (QED) is 0.840. The second-order valence-corrected chi connectivity index (χ2v) is 7.25. The number of rotatable bonds is 3. The van der Waals surface area contributed by atoms with E-state index in [2.05, 4.69) is 16.5 Å². The van der Waals surface area contributed by atoms with Crippen molar-refractivity contribution in [3.63, 3.8) is 0 Å². The molecule has 1 fully saturated rings. The zero-order valence-electron chi connectivity index (χ0n) is 14.4. The average molecular weight is 385 g/mol. The molecule has 1 aromatic carbocycles. The van der Waals surface area contributed by atoms with Gasteiger partial charge in [0, 0.05) is 17.1 Å². The van der Waals surface area contributed by atoms with Gasteiger partial charge in [0.15, 0.2) is 0 Å². The molecule has 0 bridgehead atoms. The Morgan fingerprint density at radius 2 is 2.11 bits per heavy atom. The first-order valence-corrected chi connectivity index (χ1v) is 8.94. The van der Waals surface area contributed by atoms with Gasteiger partial charge in [0.05, 0.1) is 30.4 Å². The standard InChI is InChI=1S/C18H17ClN6O2/c19-12-3-1-2-11(8-12)15-14(16(21)26)13-9-24(6-7-25(13)23-15)17(27)22-18(10-20)4-5-18/h1-3,8H,4-7,9H2,(H2,21,26)(H,22,27). The molecular weight excluding hydrogens is 368 g/mol. The van der Waals surface area contributed by atoms with Gasteiger partial charge in [-0.25, -0.2) is 4.79 Å². The monoisotopic (exact) mass is 384 g/mol. The van der Waals surface area contributed by atoms with Crippen LogP contribution < -0.4 is 11.1 Å². The second kappa shape index (κ2) is 6.28. The van der Waals surface area contributed by atoms with E-state index < -0.39 is 11.4 Å². The molecule has 4 rings (SSSR count). The zero-order valence-corrected chi connectivity index (χ0v) is 15.2. The first-order chi connectivity index (χ1) is 12.9. The predicted octanol–water partition coefficient (Wildman–Crippen LogP) is 1.88. The average Bonchev–Trinajstić information content (AvgIpc) is 3.30. The summed E-state index contributed by atoms with van der Waals surface area (Å²) in [4.78, 5) is 26.2. The summed E-state index contributed by atoms with van der Waals surface area (Å²) in [5.74, 6) is -0.607. The molecule has 0 atom stereocenters. The maximum atomic E-state index is 12.5. The highest BCUT2D eigenvalue weighted by Crippen LogP contribution is 2.35. The predicted molar refractivity (Wildman–Crippen MR) is 97.7 cm³/mol. The number of carbonyl (C=O) groups excluding carboxylic acids is 2. The summed E-state index contributed by atoms with van der Waals surface area (Å²) in [6, 6.07) is 8.86. The van der Waals surface area contributed by atoms with Gasteiger partial charge < -0.3 is 16.0 Å². The molecule has 1 aromatic heterocycles. The molecule has 138 valence electrons. The lowest BCUT2D eigenvalue weighted by molar-refractivity contribution is 0.0997. The molecule has 1 aliphatic carbocycles. The fourth-order valence-electron chi connectivity index (χ4n) is 3.26.